The van der Waals surface area contributed by atoms with Gasteiger partial charge in [0.1, 0.15) is 6.61 Å². The molecule has 1 rings (SSSR count). The highest BCUT2D eigenvalue weighted by Crippen LogP contribution is 2.32. The van der Waals surface area contributed by atoms with Crippen molar-refractivity contribution in [3.8, 4) is 0 Å². The standard InChI is InChI=1S/C10H12ClF3OS/c1-6-3-7(2)16-9(6)8(11)4-15-5-10(12,13)14/h3,8H,4-5H2,1-2H3. The van der Waals surface area contributed by atoms with Crippen molar-refractivity contribution < 1.29 is 17.9 Å². The molecule has 0 bridgehead atoms. The molecule has 0 fully saturated rings. The van der Waals surface area contributed by atoms with Gasteiger partial charge in [0.2, 0.25) is 0 Å². The zero-order valence-corrected chi connectivity index (χ0v) is 10.5. The fraction of sp³-hybridized carbons (Fsp3) is 0.600. The van der Waals surface area contributed by atoms with Crippen LogP contribution in [-0.4, -0.2) is 19.4 Å². The van der Waals surface area contributed by atoms with Gasteiger partial charge in [0, 0.05) is 9.75 Å². The van der Waals surface area contributed by atoms with E-state index in [2.05, 4.69) is 4.74 Å². The molecule has 1 aromatic heterocycles. The molecular formula is C10H12ClF3OS. The van der Waals surface area contributed by atoms with Crippen molar-refractivity contribution in [3.05, 3.63) is 21.4 Å². The Morgan fingerprint density at radius 3 is 2.50 bits per heavy atom. The number of aryl methyl sites for hydroxylation is 2. The molecule has 0 amide bonds. The van der Waals surface area contributed by atoms with E-state index in [4.69, 9.17) is 11.6 Å². The predicted octanol–water partition coefficient (Wildman–Crippen LogP) is 4.22. The lowest BCUT2D eigenvalue weighted by Crippen LogP contribution is -2.18. The molecule has 0 aliphatic heterocycles. The summed E-state index contributed by atoms with van der Waals surface area (Å²) in [6.45, 7) is 2.45. The van der Waals surface area contributed by atoms with Gasteiger partial charge in [-0.1, -0.05) is 0 Å². The van der Waals surface area contributed by atoms with Crippen LogP contribution in [0, 0.1) is 13.8 Å². The molecule has 0 saturated heterocycles. The van der Waals surface area contributed by atoms with Gasteiger partial charge in [-0.25, -0.2) is 0 Å². The highest BCUT2D eigenvalue weighted by molar-refractivity contribution is 7.12. The fourth-order valence-corrected chi connectivity index (χ4v) is 2.72. The van der Waals surface area contributed by atoms with Gasteiger partial charge in [-0.15, -0.1) is 22.9 Å². The summed E-state index contributed by atoms with van der Waals surface area (Å²) < 4.78 is 40.0. The van der Waals surface area contributed by atoms with Gasteiger partial charge in [0.05, 0.1) is 12.0 Å². The summed E-state index contributed by atoms with van der Waals surface area (Å²) in [6.07, 6.45) is -4.29. The number of hydrogen-bond donors (Lipinski definition) is 0. The Balaban J connectivity index is 2.47. The molecular weight excluding hydrogens is 261 g/mol. The third-order valence-corrected chi connectivity index (χ3v) is 3.63. The van der Waals surface area contributed by atoms with Crippen LogP contribution in [0.2, 0.25) is 0 Å². The highest BCUT2D eigenvalue weighted by Gasteiger charge is 2.28. The molecule has 1 heterocycles. The predicted molar refractivity (Wildman–Crippen MR) is 59.3 cm³/mol. The molecule has 0 N–H and O–H groups in total. The molecule has 16 heavy (non-hydrogen) atoms. The second-order valence-electron chi connectivity index (χ2n) is 3.50. The van der Waals surface area contributed by atoms with Crippen LogP contribution in [0.3, 0.4) is 0 Å². The summed E-state index contributed by atoms with van der Waals surface area (Å²) in [5, 5.41) is -0.513. The van der Waals surface area contributed by atoms with Gasteiger partial charge in [-0.3, -0.25) is 0 Å². The zero-order chi connectivity index (χ0) is 12.3. The van der Waals surface area contributed by atoms with Crippen LogP contribution in [0.15, 0.2) is 6.07 Å². The largest absolute Gasteiger partial charge is 0.411 e. The molecule has 1 atom stereocenters. The Morgan fingerprint density at radius 1 is 1.44 bits per heavy atom. The van der Waals surface area contributed by atoms with Crippen molar-refractivity contribution in [1.82, 2.24) is 0 Å². The molecule has 0 saturated carbocycles. The summed E-state index contributed by atoms with van der Waals surface area (Å²) in [5.74, 6) is 0. The van der Waals surface area contributed by atoms with E-state index in [0.717, 1.165) is 15.3 Å². The number of ether oxygens (including phenoxy) is 1. The summed E-state index contributed by atoms with van der Waals surface area (Å²) in [5.41, 5.74) is 0.998. The molecule has 0 spiro atoms. The fourth-order valence-electron chi connectivity index (χ4n) is 1.32. The molecule has 92 valence electrons. The van der Waals surface area contributed by atoms with Crippen molar-refractivity contribution in [3.63, 3.8) is 0 Å². The van der Waals surface area contributed by atoms with Gasteiger partial charge in [0.25, 0.3) is 0 Å². The van der Waals surface area contributed by atoms with Gasteiger partial charge in [0.15, 0.2) is 0 Å². The molecule has 1 unspecified atom stereocenters. The third-order valence-electron chi connectivity index (χ3n) is 1.89. The van der Waals surface area contributed by atoms with Gasteiger partial charge in [-0.05, 0) is 25.5 Å². The van der Waals surface area contributed by atoms with Crippen LogP contribution in [0.5, 0.6) is 0 Å². The number of hydrogen-bond acceptors (Lipinski definition) is 2. The molecule has 0 aromatic carbocycles. The Kier molecular flexibility index (Phi) is 4.64. The summed E-state index contributed by atoms with van der Waals surface area (Å²) >= 11 is 7.46. The Hall–Kier alpha value is -0.260. The smallest absolute Gasteiger partial charge is 0.370 e. The van der Waals surface area contributed by atoms with E-state index in [1.807, 2.05) is 19.9 Å². The van der Waals surface area contributed by atoms with E-state index in [9.17, 15) is 13.2 Å². The maximum Gasteiger partial charge on any atom is 0.411 e. The topological polar surface area (TPSA) is 9.23 Å². The number of halogens is 4. The van der Waals surface area contributed by atoms with Crippen LogP contribution in [0.1, 0.15) is 20.7 Å². The molecule has 0 aliphatic rings. The second kappa shape index (κ2) is 5.38. The highest BCUT2D eigenvalue weighted by atomic mass is 35.5. The van der Waals surface area contributed by atoms with Crippen molar-refractivity contribution in [1.29, 1.82) is 0 Å². The Labute approximate surface area is 101 Å². The SMILES string of the molecule is Cc1cc(C)c(C(Cl)COCC(F)(F)F)s1. The third kappa shape index (κ3) is 4.31. The van der Waals surface area contributed by atoms with Gasteiger partial charge < -0.3 is 4.74 Å². The summed E-state index contributed by atoms with van der Waals surface area (Å²) in [7, 11) is 0. The van der Waals surface area contributed by atoms with Crippen molar-refractivity contribution >= 4 is 22.9 Å². The van der Waals surface area contributed by atoms with Crippen LogP contribution in [0.25, 0.3) is 0 Å². The van der Waals surface area contributed by atoms with Crippen molar-refractivity contribution in [2.24, 2.45) is 0 Å². The second-order valence-corrected chi connectivity index (χ2v) is 5.32. The molecule has 0 radical (unpaired) electrons. The average molecular weight is 273 g/mol. The van der Waals surface area contributed by atoms with E-state index in [1.54, 1.807) is 0 Å². The van der Waals surface area contributed by atoms with Crippen LogP contribution in [0.4, 0.5) is 13.2 Å². The Bertz CT molecular complexity index is 348. The maximum atomic E-state index is 11.8. The molecule has 0 aliphatic carbocycles. The number of thiophene rings is 1. The normalized spacial score (nSPS) is 14.1. The monoisotopic (exact) mass is 272 g/mol. The lowest BCUT2D eigenvalue weighted by atomic mass is 10.2. The summed E-state index contributed by atoms with van der Waals surface area (Å²) in [6, 6.07) is 1.96. The van der Waals surface area contributed by atoms with E-state index < -0.39 is 18.2 Å². The molecule has 6 heteroatoms. The minimum absolute atomic E-state index is 0.123. The molecule has 1 aromatic rings. The van der Waals surface area contributed by atoms with Crippen molar-refractivity contribution in [2.75, 3.05) is 13.2 Å². The zero-order valence-electron chi connectivity index (χ0n) is 8.90. The first kappa shape index (κ1) is 13.8. The van der Waals surface area contributed by atoms with Crippen LogP contribution < -0.4 is 0 Å². The van der Waals surface area contributed by atoms with E-state index >= 15 is 0 Å². The Morgan fingerprint density at radius 2 is 2.06 bits per heavy atom. The lowest BCUT2D eigenvalue weighted by Gasteiger charge is -2.11. The van der Waals surface area contributed by atoms with E-state index in [-0.39, 0.29) is 6.61 Å². The lowest BCUT2D eigenvalue weighted by molar-refractivity contribution is -0.173. The average Bonchev–Trinajstić information content (AvgIpc) is 2.43. The van der Waals surface area contributed by atoms with E-state index in [0.29, 0.717) is 0 Å². The maximum absolute atomic E-state index is 11.8. The van der Waals surface area contributed by atoms with Crippen LogP contribution in [-0.2, 0) is 4.74 Å². The summed E-state index contributed by atoms with van der Waals surface area (Å²) in [4.78, 5) is 1.97. The number of rotatable bonds is 4. The minimum atomic E-state index is -4.29. The van der Waals surface area contributed by atoms with Gasteiger partial charge >= 0.3 is 6.18 Å². The van der Waals surface area contributed by atoms with E-state index in [1.165, 1.54) is 11.3 Å². The quantitative estimate of drug-likeness (QED) is 0.746. The van der Waals surface area contributed by atoms with Crippen molar-refractivity contribution in [2.45, 2.75) is 25.4 Å². The first-order valence-electron chi connectivity index (χ1n) is 4.65. The van der Waals surface area contributed by atoms with Gasteiger partial charge in [-0.2, -0.15) is 13.2 Å². The minimum Gasteiger partial charge on any atom is -0.370 e. The first-order chi connectivity index (χ1) is 7.29. The van der Waals surface area contributed by atoms with Crippen LogP contribution >= 0.6 is 22.9 Å². The number of alkyl halides is 4. The first-order valence-corrected chi connectivity index (χ1v) is 5.90. The molecule has 1 nitrogen and oxygen atoms in total.